The highest BCUT2D eigenvalue weighted by Gasteiger charge is 2.07. The molecule has 1 rings (SSSR count). The molecule has 0 radical (unpaired) electrons. The standard InChI is InChI=1S/C15H26N2S/c1-12(2)6-4-8-14(17-16)11-18-15-9-5-7-13(3)10-15/h5,7,9-10,12,14,17H,4,6,8,11,16H2,1-3H3. The minimum absolute atomic E-state index is 0.411. The van der Waals surface area contributed by atoms with Gasteiger partial charge in [-0.05, 0) is 31.4 Å². The van der Waals surface area contributed by atoms with E-state index in [1.807, 2.05) is 11.8 Å². The average molecular weight is 266 g/mol. The molecule has 3 N–H and O–H groups in total. The largest absolute Gasteiger partial charge is 0.271 e. The van der Waals surface area contributed by atoms with E-state index in [0.717, 1.165) is 18.1 Å². The summed E-state index contributed by atoms with van der Waals surface area (Å²) in [6.07, 6.45) is 3.70. The number of nitrogens with one attached hydrogen (secondary N) is 1. The van der Waals surface area contributed by atoms with Crippen molar-refractivity contribution >= 4 is 11.8 Å². The van der Waals surface area contributed by atoms with Gasteiger partial charge in [0.05, 0.1) is 0 Å². The molecule has 0 fully saturated rings. The lowest BCUT2D eigenvalue weighted by Gasteiger charge is -2.16. The molecule has 0 saturated carbocycles. The lowest BCUT2D eigenvalue weighted by Crippen LogP contribution is -2.37. The summed E-state index contributed by atoms with van der Waals surface area (Å²) in [5.74, 6) is 7.45. The maximum atomic E-state index is 5.62. The predicted octanol–water partition coefficient (Wildman–Crippen LogP) is 3.75. The minimum Gasteiger partial charge on any atom is -0.271 e. The maximum absolute atomic E-state index is 5.62. The summed E-state index contributed by atoms with van der Waals surface area (Å²) in [6, 6.07) is 9.05. The summed E-state index contributed by atoms with van der Waals surface area (Å²) in [5.41, 5.74) is 4.26. The van der Waals surface area contributed by atoms with Gasteiger partial charge < -0.3 is 0 Å². The van der Waals surface area contributed by atoms with Crippen LogP contribution in [0.4, 0.5) is 0 Å². The second kappa shape index (κ2) is 8.57. The third-order valence-electron chi connectivity index (χ3n) is 3.01. The molecule has 1 unspecified atom stereocenters. The summed E-state index contributed by atoms with van der Waals surface area (Å²) in [7, 11) is 0. The van der Waals surface area contributed by atoms with E-state index in [-0.39, 0.29) is 0 Å². The summed E-state index contributed by atoms with van der Waals surface area (Å²) in [4.78, 5) is 1.33. The topological polar surface area (TPSA) is 38.0 Å². The zero-order valence-corrected chi connectivity index (χ0v) is 12.6. The SMILES string of the molecule is Cc1cccc(SCC(CCCC(C)C)NN)c1. The van der Waals surface area contributed by atoms with E-state index in [9.17, 15) is 0 Å². The highest BCUT2D eigenvalue weighted by molar-refractivity contribution is 7.99. The highest BCUT2D eigenvalue weighted by Crippen LogP contribution is 2.21. The van der Waals surface area contributed by atoms with E-state index >= 15 is 0 Å². The Bertz CT molecular complexity index is 339. The highest BCUT2D eigenvalue weighted by atomic mass is 32.2. The van der Waals surface area contributed by atoms with Gasteiger partial charge in [-0.2, -0.15) is 0 Å². The molecular formula is C15H26N2S. The molecule has 18 heavy (non-hydrogen) atoms. The summed E-state index contributed by atoms with van der Waals surface area (Å²) >= 11 is 1.88. The van der Waals surface area contributed by atoms with Gasteiger partial charge in [0, 0.05) is 16.7 Å². The molecular weight excluding hydrogens is 240 g/mol. The Morgan fingerprint density at radius 2 is 2.06 bits per heavy atom. The Balaban J connectivity index is 2.30. The van der Waals surface area contributed by atoms with E-state index in [1.54, 1.807) is 0 Å². The number of hydrazine groups is 1. The van der Waals surface area contributed by atoms with E-state index < -0.39 is 0 Å². The second-order valence-electron chi connectivity index (χ2n) is 5.32. The molecule has 0 heterocycles. The van der Waals surface area contributed by atoms with Crippen LogP contribution in [0.15, 0.2) is 29.2 Å². The van der Waals surface area contributed by atoms with Gasteiger partial charge in [-0.25, -0.2) is 0 Å². The number of rotatable bonds is 8. The molecule has 0 aliphatic carbocycles. The number of benzene rings is 1. The molecule has 0 aliphatic heterocycles. The van der Waals surface area contributed by atoms with Gasteiger partial charge in [0.25, 0.3) is 0 Å². The lowest BCUT2D eigenvalue weighted by molar-refractivity contribution is 0.469. The molecule has 102 valence electrons. The van der Waals surface area contributed by atoms with Crippen molar-refractivity contribution in [2.24, 2.45) is 11.8 Å². The van der Waals surface area contributed by atoms with Crippen molar-refractivity contribution in [1.82, 2.24) is 5.43 Å². The number of nitrogens with two attached hydrogens (primary N) is 1. The minimum atomic E-state index is 0.411. The zero-order valence-electron chi connectivity index (χ0n) is 11.8. The fourth-order valence-corrected chi connectivity index (χ4v) is 2.99. The van der Waals surface area contributed by atoms with E-state index in [1.165, 1.54) is 23.3 Å². The molecule has 0 aromatic heterocycles. The van der Waals surface area contributed by atoms with Gasteiger partial charge in [-0.1, -0.05) is 44.4 Å². The van der Waals surface area contributed by atoms with E-state index in [0.29, 0.717) is 6.04 Å². The number of hydrogen-bond acceptors (Lipinski definition) is 3. The first kappa shape index (κ1) is 15.5. The maximum Gasteiger partial charge on any atom is 0.0304 e. The van der Waals surface area contributed by atoms with Gasteiger partial charge in [0.15, 0.2) is 0 Å². The molecule has 2 nitrogen and oxygen atoms in total. The smallest absolute Gasteiger partial charge is 0.0304 e. The molecule has 0 spiro atoms. The van der Waals surface area contributed by atoms with E-state index in [2.05, 4.69) is 50.5 Å². The Hall–Kier alpha value is -0.510. The van der Waals surface area contributed by atoms with E-state index in [4.69, 9.17) is 5.84 Å². The van der Waals surface area contributed by atoms with Crippen molar-refractivity contribution in [2.75, 3.05) is 5.75 Å². The molecule has 1 aromatic carbocycles. The van der Waals surface area contributed by atoms with Crippen LogP contribution in [0.25, 0.3) is 0 Å². The third-order valence-corrected chi connectivity index (χ3v) is 4.17. The van der Waals surface area contributed by atoms with Crippen molar-refractivity contribution in [3.63, 3.8) is 0 Å². The van der Waals surface area contributed by atoms with Gasteiger partial charge in [-0.3, -0.25) is 11.3 Å². The van der Waals surface area contributed by atoms with Crippen LogP contribution in [0.1, 0.15) is 38.7 Å². The van der Waals surface area contributed by atoms with Crippen LogP contribution in [-0.4, -0.2) is 11.8 Å². The molecule has 0 amide bonds. The average Bonchev–Trinajstić information content (AvgIpc) is 2.33. The fraction of sp³-hybridized carbons (Fsp3) is 0.600. The normalized spacial score (nSPS) is 12.9. The van der Waals surface area contributed by atoms with Crippen LogP contribution in [0, 0.1) is 12.8 Å². The summed E-state index contributed by atoms with van der Waals surface area (Å²) in [6.45, 7) is 6.67. The van der Waals surface area contributed by atoms with Gasteiger partial charge in [0.2, 0.25) is 0 Å². The molecule has 1 aromatic rings. The predicted molar refractivity (Wildman–Crippen MR) is 81.7 cm³/mol. The number of hydrogen-bond donors (Lipinski definition) is 2. The molecule has 1 atom stereocenters. The Labute approximate surface area is 116 Å². The van der Waals surface area contributed by atoms with Crippen molar-refractivity contribution < 1.29 is 0 Å². The second-order valence-corrected chi connectivity index (χ2v) is 6.41. The first-order chi connectivity index (χ1) is 8.61. The van der Waals surface area contributed by atoms with Gasteiger partial charge in [-0.15, -0.1) is 11.8 Å². The van der Waals surface area contributed by atoms with Gasteiger partial charge in [0.1, 0.15) is 0 Å². The lowest BCUT2D eigenvalue weighted by atomic mass is 10.0. The first-order valence-electron chi connectivity index (χ1n) is 6.77. The monoisotopic (exact) mass is 266 g/mol. The Morgan fingerprint density at radius 3 is 2.67 bits per heavy atom. The van der Waals surface area contributed by atoms with Crippen LogP contribution >= 0.6 is 11.8 Å². The fourth-order valence-electron chi connectivity index (χ4n) is 1.89. The van der Waals surface area contributed by atoms with Crippen molar-refractivity contribution in [2.45, 2.75) is 51.0 Å². The van der Waals surface area contributed by atoms with Crippen molar-refractivity contribution in [1.29, 1.82) is 0 Å². The molecule has 0 saturated heterocycles. The van der Waals surface area contributed by atoms with Crippen LogP contribution in [-0.2, 0) is 0 Å². The van der Waals surface area contributed by atoms with Crippen LogP contribution in [0.5, 0.6) is 0 Å². The summed E-state index contributed by atoms with van der Waals surface area (Å²) in [5, 5.41) is 0. The van der Waals surface area contributed by atoms with Crippen LogP contribution in [0.3, 0.4) is 0 Å². The quantitative estimate of drug-likeness (QED) is 0.427. The van der Waals surface area contributed by atoms with Crippen molar-refractivity contribution in [3.8, 4) is 0 Å². The molecule has 0 aliphatic rings. The number of thioether (sulfide) groups is 1. The first-order valence-corrected chi connectivity index (χ1v) is 7.76. The van der Waals surface area contributed by atoms with Gasteiger partial charge >= 0.3 is 0 Å². The third kappa shape index (κ3) is 6.43. The molecule has 3 heteroatoms. The number of aryl methyl sites for hydroxylation is 1. The van der Waals surface area contributed by atoms with Crippen molar-refractivity contribution in [3.05, 3.63) is 29.8 Å². The van der Waals surface area contributed by atoms with Crippen LogP contribution < -0.4 is 11.3 Å². The molecule has 0 bridgehead atoms. The zero-order chi connectivity index (χ0) is 13.4. The Kier molecular flexibility index (Phi) is 7.40. The summed E-state index contributed by atoms with van der Waals surface area (Å²) < 4.78 is 0. The Morgan fingerprint density at radius 1 is 1.28 bits per heavy atom. The van der Waals surface area contributed by atoms with Crippen LogP contribution in [0.2, 0.25) is 0 Å².